The molecule has 0 saturated carbocycles. The van der Waals surface area contributed by atoms with Crippen molar-refractivity contribution in [1.82, 2.24) is 10.1 Å². The summed E-state index contributed by atoms with van der Waals surface area (Å²) in [6, 6.07) is 12.9. The zero-order valence-electron chi connectivity index (χ0n) is 13.9. The number of nitrogens with zero attached hydrogens (tertiary/aromatic N) is 2. The molecule has 0 aliphatic heterocycles. The quantitative estimate of drug-likeness (QED) is 0.747. The van der Waals surface area contributed by atoms with Gasteiger partial charge < -0.3 is 15.0 Å². The molecule has 2 aromatic heterocycles. The summed E-state index contributed by atoms with van der Waals surface area (Å²) >= 11 is 0. The molecule has 7 nitrogen and oxygen atoms in total. The Labute approximate surface area is 144 Å². The van der Waals surface area contributed by atoms with Crippen molar-refractivity contribution in [2.75, 3.05) is 11.1 Å². The molecule has 3 aromatic rings. The molecule has 1 amide bonds. The number of aromatic nitrogens is 2. The molecule has 0 unspecified atom stereocenters. The molecule has 0 radical (unpaired) electrons. The van der Waals surface area contributed by atoms with Crippen molar-refractivity contribution in [2.24, 2.45) is 0 Å². The van der Waals surface area contributed by atoms with Crippen molar-refractivity contribution < 1.29 is 14.1 Å². The van der Waals surface area contributed by atoms with E-state index in [1.54, 1.807) is 26.0 Å². The Bertz CT molecular complexity index is 860. The predicted molar refractivity (Wildman–Crippen MR) is 93.8 cm³/mol. The van der Waals surface area contributed by atoms with Gasteiger partial charge >= 0.3 is 6.09 Å². The molecule has 0 saturated heterocycles. The van der Waals surface area contributed by atoms with Gasteiger partial charge in [-0.05, 0) is 31.5 Å². The largest absolute Gasteiger partial charge is 0.441 e. The van der Waals surface area contributed by atoms with Crippen LogP contribution >= 0.6 is 0 Å². The van der Waals surface area contributed by atoms with Gasteiger partial charge in [0.05, 0.1) is 11.9 Å². The molecule has 2 heterocycles. The summed E-state index contributed by atoms with van der Waals surface area (Å²) in [5.74, 6) is 0.349. The van der Waals surface area contributed by atoms with Crippen molar-refractivity contribution in [1.29, 1.82) is 0 Å². The minimum Gasteiger partial charge on any atom is -0.441 e. The van der Waals surface area contributed by atoms with Crippen molar-refractivity contribution >= 4 is 17.5 Å². The first-order chi connectivity index (χ1) is 12.0. The van der Waals surface area contributed by atoms with Gasteiger partial charge in [0.1, 0.15) is 23.2 Å². The van der Waals surface area contributed by atoms with Gasteiger partial charge in [-0.25, -0.2) is 4.79 Å². The first-order valence-corrected chi connectivity index (χ1v) is 7.75. The Morgan fingerprint density at radius 3 is 2.68 bits per heavy atom. The van der Waals surface area contributed by atoms with Crippen LogP contribution in [-0.2, 0) is 4.74 Å². The van der Waals surface area contributed by atoms with Crippen LogP contribution in [0.5, 0.6) is 0 Å². The number of rotatable bonds is 4. The van der Waals surface area contributed by atoms with Gasteiger partial charge in [-0.15, -0.1) is 0 Å². The molecule has 1 atom stereocenters. The summed E-state index contributed by atoms with van der Waals surface area (Å²) < 4.78 is 10.7. The van der Waals surface area contributed by atoms with E-state index in [0.717, 1.165) is 5.56 Å². The third-order valence-corrected chi connectivity index (χ3v) is 3.66. The lowest BCUT2D eigenvalue weighted by Gasteiger charge is -2.14. The van der Waals surface area contributed by atoms with Gasteiger partial charge in [0.15, 0.2) is 0 Å². The van der Waals surface area contributed by atoms with Crippen molar-refractivity contribution in [3.05, 3.63) is 59.9 Å². The number of nitrogens with two attached hydrogens (primary N) is 1. The van der Waals surface area contributed by atoms with Crippen LogP contribution in [0.4, 0.5) is 16.2 Å². The second kappa shape index (κ2) is 7.04. The number of nitrogens with one attached hydrogen (secondary N) is 1. The molecule has 3 N–H and O–H groups in total. The minimum atomic E-state index is -0.598. The molecular weight excluding hydrogens is 320 g/mol. The standard InChI is InChI=1S/C18H18N4O3/c1-11-16(17(25-22-11)15-9-8-14(19)10-20-15)21-18(23)24-12(2)13-6-4-3-5-7-13/h3-10,12H,19H2,1-2H3,(H,21,23)/t12-/m1/s1. The van der Waals surface area contributed by atoms with Crippen LogP contribution in [0.3, 0.4) is 0 Å². The maximum atomic E-state index is 12.2. The van der Waals surface area contributed by atoms with E-state index in [-0.39, 0.29) is 6.10 Å². The van der Waals surface area contributed by atoms with Crippen molar-refractivity contribution in [3.63, 3.8) is 0 Å². The molecule has 0 aliphatic rings. The smallest absolute Gasteiger partial charge is 0.412 e. The first-order valence-electron chi connectivity index (χ1n) is 7.75. The van der Waals surface area contributed by atoms with E-state index in [2.05, 4.69) is 15.5 Å². The minimum absolute atomic E-state index is 0.349. The summed E-state index contributed by atoms with van der Waals surface area (Å²) in [5.41, 5.74) is 8.54. The summed E-state index contributed by atoms with van der Waals surface area (Å²) in [5, 5.41) is 6.57. The fourth-order valence-corrected chi connectivity index (χ4v) is 2.32. The number of benzene rings is 1. The molecule has 0 bridgehead atoms. The zero-order chi connectivity index (χ0) is 17.8. The Hall–Kier alpha value is -3.35. The van der Waals surface area contributed by atoms with Gasteiger partial charge in [0.25, 0.3) is 0 Å². The Morgan fingerprint density at radius 1 is 1.24 bits per heavy atom. The molecule has 25 heavy (non-hydrogen) atoms. The molecule has 7 heteroatoms. The van der Waals surface area contributed by atoms with E-state index >= 15 is 0 Å². The summed E-state index contributed by atoms with van der Waals surface area (Å²) in [7, 11) is 0. The second-order valence-electron chi connectivity index (χ2n) is 5.53. The number of ether oxygens (including phenoxy) is 1. The van der Waals surface area contributed by atoms with Crippen LogP contribution in [0, 0.1) is 6.92 Å². The average Bonchev–Trinajstić information content (AvgIpc) is 2.97. The third-order valence-electron chi connectivity index (χ3n) is 3.66. The normalized spacial score (nSPS) is 11.8. The van der Waals surface area contributed by atoms with Gasteiger partial charge in [-0.1, -0.05) is 35.5 Å². The van der Waals surface area contributed by atoms with Crippen LogP contribution in [0.25, 0.3) is 11.5 Å². The molecule has 0 spiro atoms. The van der Waals surface area contributed by atoms with Gasteiger partial charge in [0, 0.05) is 0 Å². The van der Waals surface area contributed by atoms with Crippen LogP contribution < -0.4 is 11.1 Å². The number of carbonyl (C=O) groups excluding carboxylic acids is 1. The van der Waals surface area contributed by atoms with E-state index < -0.39 is 6.09 Å². The molecular formula is C18H18N4O3. The van der Waals surface area contributed by atoms with Crippen molar-refractivity contribution in [3.8, 4) is 11.5 Å². The lowest BCUT2D eigenvalue weighted by molar-refractivity contribution is 0.121. The summed E-state index contributed by atoms with van der Waals surface area (Å²) in [6.45, 7) is 3.53. The van der Waals surface area contributed by atoms with Crippen LogP contribution in [0.2, 0.25) is 0 Å². The number of hydrogen-bond acceptors (Lipinski definition) is 6. The fraction of sp³-hybridized carbons (Fsp3) is 0.167. The molecule has 1 aromatic carbocycles. The number of nitrogen functional groups attached to an aromatic ring is 1. The molecule has 3 rings (SSSR count). The average molecular weight is 338 g/mol. The van der Waals surface area contributed by atoms with Gasteiger partial charge in [-0.3, -0.25) is 10.3 Å². The number of amides is 1. The summed E-state index contributed by atoms with van der Waals surface area (Å²) in [4.78, 5) is 16.4. The maximum Gasteiger partial charge on any atom is 0.412 e. The number of pyridine rings is 1. The number of carbonyl (C=O) groups is 1. The fourth-order valence-electron chi connectivity index (χ4n) is 2.32. The monoisotopic (exact) mass is 338 g/mol. The topological polar surface area (TPSA) is 103 Å². The highest BCUT2D eigenvalue weighted by Gasteiger charge is 2.20. The van der Waals surface area contributed by atoms with Gasteiger partial charge in [-0.2, -0.15) is 0 Å². The van der Waals surface area contributed by atoms with E-state index in [4.69, 9.17) is 15.0 Å². The number of hydrogen-bond donors (Lipinski definition) is 2. The highest BCUT2D eigenvalue weighted by molar-refractivity contribution is 5.90. The second-order valence-corrected chi connectivity index (χ2v) is 5.53. The van der Waals surface area contributed by atoms with E-state index in [9.17, 15) is 4.79 Å². The third kappa shape index (κ3) is 3.77. The lowest BCUT2D eigenvalue weighted by Crippen LogP contribution is -2.16. The van der Waals surface area contributed by atoms with Gasteiger partial charge in [0.2, 0.25) is 5.76 Å². The van der Waals surface area contributed by atoms with Crippen LogP contribution in [-0.4, -0.2) is 16.2 Å². The van der Waals surface area contributed by atoms with Crippen LogP contribution in [0.15, 0.2) is 53.2 Å². The van der Waals surface area contributed by atoms with Crippen LogP contribution in [0.1, 0.15) is 24.3 Å². The number of anilines is 2. The molecule has 0 fully saturated rings. The Morgan fingerprint density at radius 2 is 2.00 bits per heavy atom. The molecule has 128 valence electrons. The van der Waals surface area contributed by atoms with E-state index in [1.807, 2.05) is 30.3 Å². The first kappa shape index (κ1) is 16.5. The SMILES string of the molecule is Cc1noc(-c2ccc(N)cn2)c1NC(=O)O[C@H](C)c1ccccc1. The van der Waals surface area contributed by atoms with E-state index in [1.165, 1.54) is 6.20 Å². The zero-order valence-corrected chi connectivity index (χ0v) is 13.9. The number of aryl methyl sites for hydroxylation is 1. The highest BCUT2D eigenvalue weighted by atomic mass is 16.6. The van der Waals surface area contributed by atoms with E-state index in [0.29, 0.717) is 28.5 Å². The maximum absolute atomic E-state index is 12.2. The predicted octanol–water partition coefficient (Wildman–Crippen LogP) is 3.94. The Balaban J connectivity index is 1.75. The van der Waals surface area contributed by atoms with Crippen molar-refractivity contribution in [2.45, 2.75) is 20.0 Å². The Kier molecular flexibility index (Phi) is 4.65. The lowest BCUT2D eigenvalue weighted by atomic mass is 10.1. The summed E-state index contributed by atoms with van der Waals surface area (Å²) in [6.07, 6.45) is 0.520. The highest BCUT2D eigenvalue weighted by Crippen LogP contribution is 2.30. The molecule has 0 aliphatic carbocycles.